The quantitative estimate of drug-likeness (QED) is 0.656. The standard InChI is InChI=1S/C18H29NO5S/c1-14(2)11-12-23-16-9-7-15(8-10-16)19(25(6,21)22)13-17(20)24-18(3,4)5/h7-10,14H,11-13H2,1-6H3. The first-order chi connectivity index (χ1) is 11.4. The van der Waals surface area contributed by atoms with Gasteiger partial charge < -0.3 is 9.47 Å². The van der Waals surface area contributed by atoms with Gasteiger partial charge in [0.25, 0.3) is 0 Å². The van der Waals surface area contributed by atoms with Crippen molar-refractivity contribution in [2.75, 3.05) is 23.7 Å². The van der Waals surface area contributed by atoms with Crippen LogP contribution in [-0.2, 0) is 19.6 Å². The Hall–Kier alpha value is -1.76. The molecule has 0 atom stereocenters. The van der Waals surface area contributed by atoms with Gasteiger partial charge in [-0.2, -0.15) is 0 Å². The van der Waals surface area contributed by atoms with E-state index in [1.54, 1.807) is 45.0 Å². The van der Waals surface area contributed by atoms with E-state index in [2.05, 4.69) is 13.8 Å². The SMILES string of the molecule is CC(C)CCOc1ccc(N(CC(=O)OC(C)(C)C)S(C)(=O)=O)cc1. The van der Waals surface area contributed by atoms with E-state index in [9.17, 15) is 13.2 Å². The molecule has 25 heavy (non-hydrogen) atoms. The van der Waals surface area contributed by atoms with E-state index in [1.807, 2.05) is 0 Å². The highest BCUT2D eigenvalue weighted by atomic mass is 32.2. The third-order valence-corrected chi connectivity index (χ3v) is 4.32. The summed E-state index contributed by atoms with van der Waals surface area (Å²) in [6.07, 6.45) is 2.00. The molecule has 0 bridgehead atoms. The summed E-state index contributed by atoms with van der Waals surface area (Å²) < 4.78 is 36.0. The van der Waals surface area contributed by atoms with Crippen molar-refractivity contribution in [1.29, 1.82) is 0 Å². The molecule has 0 saturated carbocycles. The van der Waals surface area contributed by atoms with Crippen molar-refractivity contribution in [3.05, 3.63) is 24.3 Å². The van der Waals surface area contributed by atoms with Crippen LogP contribution in [-0.4, -0.2) is 39.4 Å². The van der Waals surface area contributed by atoms with Crippen LogP contribution in [0.1, 0.15) is 41.0 Å². The average molecular weight is 371 g/mol. The van der Waals surface area contributed by atoms with Crippen molar-refractivity contribution in [3.63, 3.8) is 0 Å². The molecule has 0 aliphatic carbocycles. The maximum atomic E-state index is 12.1. The van der Waals surface area contributed by atoms with Gasteiger partial charge in [0.15, 0.2) is 0 Å². The molecular formula is C18H29NO5S. The van der Waals surface area contributed by atoms with Crippen LogP contribution in [0.25, 0.3) is 0 Å². The Balaban J connectivity index is 2.85. The average Bonchev–Trinajstić information content (AvgIpc) is 2.42. The van der Waals surface area contributed by atoms with Crippen LogP contribution < -0.4 is 9.04 Å². The second-order valence-electron chi connectivity index (χ2n) is 7.38. The summed E-state index contributed by atoms with van der Waals surface area (Å²) in [5.74, 6) is 0.610. The molecule has 0 aromatic heterocycles. The Kier molecular flexibility index (Phi) is 7.29. The Morgan fingerprint density at radius 2 is 1.72 bits per heavy atom. The fourth-order valence-corrected chi connectivity index (χ4v) is 2.86. The van der Waals surface area contributed by atoms with E-state index in [0.29, 0.717) is 24.0 Å². The maximum Gasteiger partial charge on any atom is 0.327 e. The lowest BCUT2D eigenvalue weighted by Gasteiger charge is -2.25. The number of sulfonamides is 1. The minimum absolute atomic E-state index is 0.371. The summed E-state index contributed by atoms with van der Waals surface area (Å²) >= 11 is 0. The molecule has 0 saturated heterocycles. The van der Waals surface area contributed by atoms with Gasteiger partial charge in [-0.15, -0.1) is 0 Å². The highest BCUT2D eigenvalue weighted by Gasteiger charge is 2.24. The van der Waals surface area contributed by atoms with E-state index in [4.69, 9.17) is 9.47 Å². The molecule has 0 aliphatic heterocycles. The number of carbonyl (C=O) groups excluding carboxylic acids is 1. The van der Waals surface area contributed by atoms with Crippen molar-refractivity contribution in [1.82, 2.24) is 0 Å². The van der Waals surface area contributed by atoms with Crippen molar-refractivity contribution in [2.45, 2.75) is 46.6 Å². The van der Waals surface area contributed by atoms with Gasteiger partial charge in [-0.1, -0.05) is 13.8 Å². The number of hydrogen-bond donors (Lipinski definition) is 0. The van der Waals surface area contributed by atoms with Crippen LogP contribution >= 0.6 is 0 Å². The third kappa shape index (κ3) is 8.25. The number of benzene rings is 1. The van der Waals surface area contributed by atoms with Gasteiger partial charge in [-0.3, -0.25) is 9.10 Å². The predicted molar refractivity (Wildman–Crippen MR) is 99.4 cm³/mol. The van der Waals surface area contributed by atoms with Gasteiger partial charge in [0.2, 0.25) is 10.0 Å². The molecule has 6 nitrogen and oxygen atoms in total. The summed E-state index contributed by atoms with van der Waals surface area (Å²) in [5, 5.41) is 0. The summed E-state index contributed by atoms with van der Waals surface area (Å²) in [6, 6.07) is 6.64. The van der Waals surface area contributed by atoms with Gasteiger partial charge >= 0.3 is 5.97 Å². The van der Waals surface area contributed by atoms with E-state index in [0.717, 1.165) is 17.0 Å². The maximum absolute atomic E-state index is 12.1. The first-order valence-electron chi connectivity index (χ1n) is 8.31. The molecule has 0 heterocycles. The molecule has 0 spiro atoms. The van der Waals surface area contributed by atoms with Gasteiger partial charge in [-0.25, -0.2) is 8.42 Å². The van der Waals surface area contributed by atoms with Gasteiger partial charge in [-0.05, 0) is 57.4 Å². The van der Waals surface area contributed by atoms with Gasteiger partial charge in [0, 0.05) is 0 Å². The van der Waals surface area contributed by atoms with Crippen LogP contribution in [0.4, 0.5) is 5.69 Å². The van der Waals surface area contributed by atoms with E-state index in [1.165, 1.54) is 0 Å². The van der Waals surface area contributed by atoms with Crippen molar-refractivity contribution in [2.24, 2.45) is 5.92 Å². The lowest BCUT2D eigenvalue weighted by atomic mass is 10.1. The first-order valence-corrected chi connectivity index (χ1v) is 10.2. The second kappa shape index (κ2) is 8.56. The van der Waals surface area contributed by atoms with E-state index < -0.39 is 21.6 Å². The molecule has 0 aliphatic rings. The lowest BCUT2D eigenvalue weighted by molar-refractivity contribution is -0.152. The zero-order chi connectivity index (χ0) is 19.3. The number of ether oxygens (including phenoxy) is 2. The first kappa shape index (κ1) is 21.3. The molecule has 0 unspecified atom stereocenters. The summed E-state index contributed by atoms with van der Waals surface area (Å²) in [4.78, 5) is 12.0. The smallest absolute Gasteiger partial charge is 0.327 e. The van der Waals surface area contributed by atoms with Crippen LogP contribution in [0.5, 0.6) is 5.75 Å². The zero-order valence-corrected chi connectivity index (χ0v) is 16.7. The van der Waals surface area contributed by atoms with Crippen LogP contribution in [0.3, 0.4) is 0 Å². The van der Waals surface area contributed by atoms with Crippen LogP contribution in [0, 0.1) is 5.92 Å². The summed E-state index contributed by atoms with van der Waals surface area (Å²) in [6.45, 7) is 9.67. The number of carbonyl (C=O) groups is 1. The molecule has 0 radical (unpaired) electrons. The number of anilines is 1. The number of nitrogens with zero attached hydrogens (tertiary/aromatic N) is 1. The Bertz CT molecular complexity index is 660. The Morgan fingerprint density at radius 1 is 1.16 bits per heavy atom. The summed E-state index contributed by atoms with van der Waals surface area (Å²) in [7, 11) is -3.62. The largest absolute Gasteiger partial charge is 0.494 e. The predicted octanol–water partition coefficient (Wildman–Crippen LogP) is 3.22. The van der Waals surface area contributed by atoms with Crippen LogP contribution in [0.2, 0.25) is 0 Å². The molecule has 0 N–H and O–H groups in total. The molecule has 0 fully saturated rings. The number of rotatable bonds is 8. The highest BCUT2D eigenvalue weighted by molar-refractivity contribution is 7.92. The van der Waals surface area contributed by atoms with Crippen molar-refractivity contribution >= 4 is 21.7 Å². The van der Waals surface area contributed by atoms with Crippen LogP contribution in [0.15, 0.2) is 24.3 Å². The van der Waals surface area contributed by atoms with Gasteiger partial charge in [0.05, 0.1) is 18.6 Å². The highest BCUT2D eigenvalue weighted by Crippen LogP contribution is 2.22. The normalized spacial score (nSPS) is 12.1. The van der Waals surface area contributed by atoms with Crippen molar-refractivity contribution < 1.29 is 22.7 Å². The Labute approximate surface area is 151 Å². The minimum Gasteiger partial charge on any atom is -0.494 e. The third-order valence-electron chi connectivity index (χ3n) is 3.18. The van der Waals surface area contributed by atoms with Gasteiger partial charge in [0.1, 0.15) is 17.9 Å². The molecule has 142 valence electrons. The number of esters is 1. The molecule has 0 amide bonds. The fourth-order valence-electron chi connectivity index (χ4n) is 2.01. The lowest BCUT2D eigenvalue weighted by Crippen LogP contribution is -2.38. The summed E-state index contributed by atoms with van der Waals surface area (Å²) in [5.41, 5.74) is -0.279. The molecule has 1 rings (SSSR count). The topological polar surface area (TPSA) is 72.9 Å². The van der Waals surface area contributed by atoms with Crippen molar-refractivity contribution in [3.8, 4) is 5.75 Å². The molecular weight excluding hydrogens is 342 g/mol. The Morgan fingerprint density at radius 3 is 2.16 bits per heavy atom. The number of hydrogen-bond acceptors (Lipinski definition) is 5. The fraction of sp³-hybridized carbons (Fsp3) is 0.611. The molecule has 1 aromatic rings. The molecule has 7 heteroatoms. The second-order valence-corrected chi connectivity index (χ2v) is 9.29. The zero-order valence-electron chi connectivity index (χ0n) is 15.9. The molecule has 1 aromatic carbocycles. The van der Waals surface area contributed by atoms with E-state index in [-0.39, 0.29) is 6.54 Å². The monoisotopic (exact) mass is 371 g/mol. The van der Waals surface area contributed by atoms with E-state index >= 15 is 0 Å². The minimum atomic E-state index is -3.62.